The molecule has 6 heteroatoms. The molecule has 0 aliphatic heterocycles. The number of benzene rings is 1. The average Bonchev–Trinajstić information content (AvgIpc) is 3.04. The normalized spacial score (nSPS) is 10.6. The molecule has 0 saturated heterocycles. The molecule has 0 saturated carbocycles. The van der Waals surface area contributed by atoms with E-state index in [2.05, 4.69) is 10.9 Å². The average molecular weight is 311 g/mol. The fourth-order valence-corrected chi connectivity index (χ4v) is 2.34. The van der Waals surface area contributed by atoms with Crippen molar-refractivity contribution < 1.29 is 9.59 Å². The number of thiophene rings is 1. The van der Waals surface area contributed by atoms with Crippen molar-refractivity contribution >= 4 is 29.2 Å². The second kappa shape index (κ2) is 7.76. The highest BCUT2D eigenvalue weighted by molar-refractivity contribution is 7.10. The molecule has 0 aliphatic carbocycles. The summed E-state index contributed by atoms with van der Waals surface area (Å²) in [6.45, 7) is 0. The quantitative estimate of drug-likeness (QED) is 0.515. The minimum absolute atomic E-state index is 0.0672. The lowest BCUT2D eigenvalue weighted by atomic mass is 10.1. The van der Waals surface area contributed by atoms with Gasteiger partial charge in [-0.15, -0.1) is 11.3 Å². The highest BCUT2D eigenvalue weighted by Gasteiger charge is 2.10. The Hall–Kier alpha value is -2.91. The number of hydrazine groups is 1. The molecular weight excluding hydrogens is 298 g/mol. The predicted molar refractivity (Wildman–Crippen MR) is 84.3 cm³/mol. The third-order valence-corrected chi connectivity index (χ3v) is 3.54. The first-order chi connectivity index (χ1) is 10.7. The Kier molecular flexibility index (Phi) is 5.46. The van der Waals surface area contributed by atoms with Crippen molar-refractivity contribution in [2.45, 2.75) is 6.42 Å². The molecule has 0 atom stereocenters. The molecule has 1 aromatic carbocycles. The zero-order valence-electron chi connectivity index (χ0n) is 11.6. The van der Waals surface area contributed by atoms with Crippen molar-refractivity contribution in [3.8, 4) is 6.07 Å². The topological polar surface area (TPSA) is 82.0 Å². The van der Waals surface area contributed by atoms with Crippen LogP contribution in [0.2, 0.25) is 0 Å². The standard InChI is InChI=1S/C16H13N3O2S/c17-11-13(10-14-7-4-8-22-14)16(21)19-18-15(20)9-12-5-2-1-3-6-12/h1-8,10H,9H2,(H,18,20)(H,19,21). The van der Waals surface area contributed by atoms with E-state index in [1.807, 2.05) is 47.8 Å². The van der Waals surface area contributed by atoms with Crippen molar-refractivity contribution in [3.05, 3.63) is 63.9 Å². The van der Waals surface area contributed by atoms with E-state index < -0.39 is 5.91 Å². The monoisotopic (exact) mass is 311 g/mol. The Morgan fingerprint density at radius 3 is 2.55 bits per heavy atom. The molecule has 2 N–H and O–H groups in total. The van der Waals surface area contributed by atoms with Crippen LogP contribution in [0.5, 0.6) is 0 Å². The van der Waals surface area contributed by atoms with Gasteiger partial charge in [0, 0.05) is 4.88 Å². The molecule has 2 aromatic rings. The molecule has 110 valence electrons. The maximum absolute atomic E-state index is 11.8. The largest absolute Gasteiger partial charge is 0.280 e. The van der Waals surface area contributed by atoms with Gasteiger partial charge >= 0.3 is 0 Å². The number of carbonyl (C=O) groups is 2. The molecule has 2 amide bonds. The van der Waals surface area contributed by atoms with Crippen molar-refractivity contribution in [2.24, 2.45) is 0 Å². The van der Waals surface area contributed by atoms with Gasteiger partial charge < -0.3 is 0 Å². The summed E-state index contributed by atoms with van der Waals surface area (Å²) >= 11 is 1.42. The summed E-state index contributed by atoms with van der Waals surface area (Å²) in [4.78, 5) is 24.4. The summed E-state index contributed by atoms with van der Waals surface area (Å²) in [6.07, 6.45) is 1.63. The maximum atomic E-state index is 11.8. The van der Waals surface area contributed by atoms with Crippen LogP contribution in [0.1, 0.15) is 10.4 Å². The van der Waals surface area contributed by atoms with Gasteiger partial charge in [-0.1, -0.05) is 36.4 Å². The molecule has 22 heavy (non-hydrogen) atoms. The van der Waals surface area contributed by atoms with Crippen molar-refractivity contribution in [2.75, 3.05) is 0 Å². The van der Waals surface area contributed by atoms with Crippen LogP contribution < -0.4 is 10.9 Å². The van der Waals surface area contributed by atoms with Crippen molar-refractivity contribution in [1.82, 2.24) is 10.9 Å². The first-order valence-electron chi connectivity index (χ1n) is 6.47. The highest BCUT2D eigenvalue weighted by atomic mass is 32.1. The number of rotatable bonds is 4. The Morgan fingerprint density at radius 2 is 1.91 bits per heavy atom. The molecule has 0 radical (unpaired) electrons. The van der Waals surface area contributed by atoms with Crippen LogP contribution in [0.25, 0.3) is 6.08 Å². The number of nitrogens with one attached hydrogen (secondary N) is 2. The number of amides is 2. The molecule has 5 nitrogen and oxygen atoms in total. The number of hydrogen-bond acceptors (Lipinski definition) is 4. The van der Waals surface area contributed by atoms with E-state index in [1.165, 1.54) is 17.4 Å². The van der Waals surface area contributed by atoms with E-state index >= 15 is 0 Å². The fraction of sp³-hybridized carbons (Fsp3) is 0.0625. The molecule has 1 aromatic heterocycles. The fourth-order valence-electron chi connectivity index (χ4n) is 1.68. The first kappa shape index (κ1) is 15.5. The zero-order valence-corrected chi connectivity index (χ0v) is 12.4. The van der Waals surface area contributed by atoms with Crippen LogP contribution in [0.4, 0.5) is 0 Å². The van der Waals surface area contributed by atoms with Crippen LogP contribution in [0.15, 0.2) is 53.4 Å². The Bertz CT molecular complexity index is 716. The number of nitriles is 1. The molecule has 2 rings (SSSR count). The summed E-state index contributed by atoms with van der Waals surface area (Å²) < 4.78 is 0. The zero-order chi connectivity index (χ0) is 15.8. The molecule has 0 aliphatic rings. The number of nitrogens with zero attached hydrogens (tertiary/aromatic N) is 1. The van der Waals surface area contributed by atoms with Gasteiger partial charge in [0.15, 0.2) is 0 Å². The Labute approximate surface area is 131 Å². The summed E-state index contributed by atoms with van der Waals surface area (Å²) in [6, 6.07) is 14.6. The predicted octanol–water partition coefficient (Wildman–Crippen LogP) is 2.05. The second-order valence-corrected chi connectivity index (χ2v) is 5.33. The van der Waals surface area contributed by atoms with Gasteiger partial charge in [-0.2, -0.15) is 5.26 Å². The maximum Gasteiger partial charge on any atom is 0.280 e. The third-order valence-electron chi connectivity index (χ3n) is 2.72. The summed E-state index contributed by atoms with van der Waals surface area (Å²) in [5.74, 6) is -0.995. The van der Waals surface area contributed by atoms with E-state index in [9.17, 15) is 9.59 Å². The van der Waals surface area contributed by atoms with E-state index in [1.54, 1.807) is 6.07 Å². The molecule has 0 fully saturated rings. The second-order valence-electron chi connectivity index (χ2n) is 4.35. The van der Waals surface area contributed by atoms with Crippen LogP contribution in [0.3, 0.4) is 0 Å². The minimum atomic E-state index is -0.641. The third kappa shape index (κ3) is 4.58. The van der Waals surface area contributed by atoms with Crippen LogP contribution in [0, 0.1) is 11.3 Å². The number of hydrogen-bond donors (Lipinski definition) is 2. The summed E-state index contributed by atoms with van der Waals surface area (Å²) in [5.41, 5.74) is 5.31. The Morgan fingerprint density at radius 1 is 1.14 bits per heavy atom. The smallest absolute Gasteiger partial charge is 0.273 e. The lowest BCUT2D eigenvalue weighted by molar-refractivity contribution is -0.126. The van der Waals surface area contributed by atoms with E-state index in [-0.39, 0.29) is 17.9 Å². The summed E-state index contributed by atoms with van der Waals surface area (Å²) in [7, 11) is 0. The molecule has 0 unspecified atom stereocenters. The summed E-state index contributed by atoms with van der Waals surface area (Å²) in [5, 5.41) is 10.9. The molecule has 0 spiro atoms. The Balaban J connectivity index is 1.89. The van der Waals surface area contributed by atoms with E-state index in [0.29, 0.717) is 0 Å². The van der Waals surface area contributed by atoms with Crippen molar-refractivity contribution in [3.63, 3.8) is 0 Å². The van der Waals surface area contributed by atoms with Crippen LogP contribution >= 0.6 is 11.3 Å². The number of carbonyl (C=O) groups excluding carboxylic acids is 2. The van der Waals surface area contributed by atoms with Crippen LogP contribution in [-0.4, -0.2) is 11.8 Å². The molecule has 1 heterocycles. The first-order valence-corrected chi connectivity index (χ1v) is 7.35. The van der Waals surface area contributed by atoms with Gasteiger partial charge in [0.2, 0.25) is 5.91 Å². The molecule has 0 bridgehead atoms. The highest BCUT2D eigenvalue weighted by Crippen LogP contribution is 2.13. The van der Waals surface area contributed by atoms with Gasteiger partial charge in [0.25, 0.3) is 5.91 Å². The minimum Gasteiger partial charge on any atom is -0.273 e. The SMILES string of the molecule is N#CC(=Cc1cccs1)C(=O)NNC(=O)Cc1ccccc1. The van der Waals surface area contributed by atoms with E-state index in [4.69, 9.17) is 5.26 Å². The lowest BCUT2D eigenvalue weighted by Gasteiger charge is -2.06. The van der Waals surface area contributed by atoms with Crippen LogP contribution in [-0.2, 0) is 16.0 Å². The van der Waals surface area contributed by atoms with Gasteiger partial charge in [0.1, 0.15) is 11.6 Å². The van der Waals surface area contributed by atoms with E-state index in [0.717, 1.165) is 10.4 Å². The van der Waals surface area contributed by atoms with Gasteiger partial charge in [-0.05, 0) is 23.1 Å². The van der Waals surface area contributed by atoms with Gasteiger partial charge in [-0.3, -0.25) is 20.4 Å². The lowest BCUT2D eigenvalue weighted by Crippen LogP contribution is -2.42. The molecular formula is C16H13N3O2S. The van der Waals surface area contributed by atoms with Gasteiger partial charge in [-0.25, -0.2) is 0 Å². The van der Waals surface area contributed by atoms with Gasteiger partial charge in [0.05, 0.1) is 6.42 Å². The van der Waals surface area contributed by atoms with Crippen molar-refractivity contribution in [1.29, 1.82) is 5.26 Å².